The van der Waals surface area contributed by atoms with E-state index in [1.54, 1.807) is 13.8 Å². The molecule has 0 aliphatic carbocycles. The Balaban J connectivity index is 2.08. The number of hydrogen-bond donors (Lipinski definition) is 1. The molecule has 6 nitrogen and oxygen atoms in total. The molecule has 2 aromatic rings. The smallest absolute Gasteiger partial charge is 0.305 e. The molecule has 0 aliphatic heterocycles. The highest BCUT2D eigenvalue weighted by atomic mass is 19.2. The van der Waals surface area contributed by atoms with E-state index in [2.05, 4.69) is 5.16 Å². The second-order valence-electron chi connectivity index (χ2n) is 6.01. The minimum absolute atomic E-state index is 0.00488. The summed E-state index contributed by atoms with van der Waals surface area (Å²) >= 11 is 0. The van der Waals surface area contributed by atoms with E-state index < -0.39 is 17.6 Å². The molecular formula is C18H20F2N2O4. The monoisotopic (exact) mass is 366 g/mol. The molecule has 140 valence electrons. The first kappa shape index (κ1) is 19.6. The summed E-state index contributed by atoms with van der Waals surface area (Å²) in [6.45, 7) is 3.52. The zero-order valence-electron chi connectivity index (χ0n) is 14.6. The SMILES string of the molecule is Cc1noc(C)c1CCC(=O)N(CCC(=O)O)Cc1ccc(F)c(F)c1. The lowest BCUT2D eigenvalue weighted by Crippen LogP contribution is -2.32. The first-order chi connectivity index (χ1) is 12.3. The number of carbonyl (C=O) groups excluding carboxylic acids is 1. The molecule has 0 saturated carbocycles. The second-order valence-corrected chi connectivity index (χ2v) is 6.01. The van der Waals surface area contributed by atoms with Gasteiger partial charge in [-0.3, -0.25) is 9.59 Å². The van der Waals surface area contributed by atoms with E-state index >= 15 is 0 Å². The number of aromatic nitrogens is 1. The van der Waals surface area contributed by atoms with Gasteiger partial charge >= 0.3 is 5.97 Å². The quantitative estimate of drug-likeness (QED) is 0.776. The van der Waals surface area contributed by atoms with Crippen LogP contribution in [0.2, 0.25) is 0 Å². The lowest BCUT2D eigenvalue weighted by molar-refractivity contribution is -0.138. The maximum absolute atomic E-state index is 13.4. The topological polar surface area (TPSA) is 83.6 Å². The second kappa shape index (κ2) is 8.55. The highest BCUT2D eigenvalue weighted by Crippen LogP contribution is 2.17. The fourth-order valence-electron chi connectivity index (χ4n) is 2.63. The van der Waals surface area contributed by atoms with Crippen LogP contribution < -0.4 is 0 Å². The van der Waals surface area contributed by atoms with Gasteiger partial charge in [0.25, 0.3) is 0 Å². The largest absolute Gasteiger partial charge is 0.481 e. The van der Waals surface area contributed by atoms with E-state index in [-0.39, 0.29) is 31.8 Å². The van der Waals surface area contributed by atoms with Crippen LogP contribution in [0.5, 0.6) is 0 Å². The fourth-order valence-corrected chi connectivity index (χ4v) is 2.63. The Kier molecular flexibility index (Phi) is 6.43. The van der Waals surface area contributed by atoms with Gasteiger partial charge in [-0.05, 0) is 38.0 Å². The van der Waals surface area contributed by atoms with Gasteiger partial charge in [-0.25, -0.2) is 8.78 Å². The molecule has 0 spiro atoms. The molecule has 0 bridgehead atoms. The number of rotatable bonds is 8. The predicted octanol–water partition coefficient (Wildman–Crippen LogP) is 3.01. The zero-order chi connectivity index (χ0) is 19.3. The number of aryl methyl sites for hydroxylation is 2. The number of carbonyl (C=O) groups is 2. The summed E-state index contributed by atoms with van der Waals surface area (Å²) in [5, 5.41) is 12.7. The summed E-state index contributed by atoms with van der Waals surface area (Å²) in [6.07, 6.45) is 0.300. The molecule has 1 aromatic heterocycles. The Morgan fingerprint density at radius 3 is 2.50 bits per heavy atom. The van der Waals surface area contributed by atoms with E-state index in [4.69, 9.17) is 9.63 Å². The van der Waals surface area contributed by atoms with Crippen molar-refractivity contribution < 1.29 is 28.0 Å². The minimum Gasteiger partial charge on any atom is -0.481 e. The fraction of sp³-hybridized carbons (Fsp3) is 0.389. The molecule has 1 heterocycles. The van der Waals surface area contributed by atoms with Crippen molar-refractivity contribution in [2.75, 3.05) is 6.54 Å². The van der Waals surface area contributed by atoms with Crippen LogP contribution in [0.1, 0.15) is 35.4 Å². The third-order valence-electron chi connectivity index (χ3n) is 4.08. The van der Waals surface area contributed by atoms with E-state index in [1.165, 1.54) is 11.0 Å². The normalized spacial score (nSPS) is 10.8. The molecule has 0 unspecified atom stereocenters. The summed E-state index contributed by atoms with van der Waals surface area (Å²) in [5.41, 5.74) is 1.93. The van der Waals surface area contributed by atoms with Crippen LogP contribution >= 0.6 is 0 Å². The Morgan fingerprint density at radius 1 is 1.19 bits per heavy atom. The summed E-state index contributed by atoms with van der Waals surface area (Å²) in [6, 6.07) is 3.35. The summed E-state index contributed by atoms with van der Waals surface area (Å²) in [4.78, 5) is 24.7. The number of carboxylic acids is 1. The Hall–Kier alpha value is -2.77. The molecule has 1 aromatic carbocycles. The van der Waals surface area contributed by atoms with Crippen molar-refractivity contribution >= 4 is 11.9 Å². The average molecular weight is 366 g/mol. The van der Waals surface area contributed by atoms with Gasteiger partial charge in [0.15, 0.2) is 11.6 Å². The molecule has 8 heteroatoms. The third-order valence-corrected chi connectivity index (χ3v) is 4.08. The lowest BCUT2D eigenvalue weighted by Gasteiger charge is -2.22. The van der Waals surface area contributed by atoms with Crippen LogP contribution in [-0.2, 0) is 22.6 Å². The number of carboxylic acid groups (broad SMARTS) is 1. The minimum atomic E-state index is -1.04. The Morgan fingerprint density at radius 2 is 1.92 bits per heavy atom. The van der Waals surface area contributed by atoms with Gasteiger partial charge in [0.2, 0.25) is 5.91 Å². The van der Waals surface area contributed by atoms with Crippen molar-refractivity contribution in [2.24, 2.45) is 0 Å². The first-order valence-corrected chi connectivity index (χ1v) is 8.13. The number of benzene rings is 1. The maximum Gasteiger partial charge on any atom is 0.305 e. The van der Waals surface area contributed by atoms with Crippen LogP contribution in [0, 0.1) is 25.5 Å². The predicted molar refractivity (Wildman–Crippen MR) is 88.3 cm³/mol. The lowest BCUT2D eigenvalue weighted by atomic mass is 10.1. The molecule has 0 fully saturated rings. The molecule has 1 N–H and O–H groups in total. The number of nitrogens with zero attached hydrogens (tertiary/aromatic N) is 2. The number of amides is 1. The summed E-state index contributed by atoms with van der Waals surface area (Å²) < 4.78 is 31.5. The van der Waals surface area contributed by atoms with E-state index in [1.807, 2.05) is 0 Å². The average Bonchev–Trinajstić information content (AvgIpc) is 2.90. The van der Waals surface area contributed by atoms with Gasteiger partial charge in [0, 0.05) is 25.1 Å². The molecular weight excluding hydrogens is 346 g/mol. The van der Waals surface area contributed by atoms with E-state index in [9.17, 15) is 18.4 Å². The highest BCUT2D eigenvalue weighted by Gasteiger charge is 2.18. The number of halogens is 2. The van der Waals surface area contributed by atoms with Crippen molar-refractivity contribution in [3.63, 3.8) is 0 Å². The van der Waals surface area contributed by atoms with Crippen molar-refractivity contribution in [3.8, 4) is 0 Å². The van der Waals surface area contributed by atoms with Gasteiger partial charge in [0.05, 0.1) is 12.1 Å². The zero-order valence-corrected chi connectivity index (χ0v) is 14.6. The van der Waals surface area contributed by atoms with Crippen LogP contribution in [-0.4, -0.2) is 33.6 Å². The van der Waals surface area contributed by atoms with Crippen molar-refractivity contribution in [1.82, 2.24) is 10.1 Å². The van der Waals surface area contributed by atoms with Gasteiger partial charge in [-0.2, -0.15) is 0 Å². The molecule has 0 atom stereocenters. The summed E-state index contributed by atoms with van der Waals surface area (Å²) in [5.74, 6) is -2.68. The first-order valence-electron chi connectivity index (χ1n) is 8.13. The Labute approximate surface area is 149 Å². The van der Waals surface area contributed by atoms with Crippen LogP contribution in [0.15, 0.2) is 22.7 Å². The van der Waals surface area contributed by atoms with E-state index in [0.717, 1.165) is 17.7 Å². The maximum atomic E-state index is 13.4. The molecule has 2 rings (SSSR count). The van der Waals surface area contributed by atoms with Gasteiger partial charge in [0.1, 0.15) is 5.76 Å². The molecule has 0 radical (unpaired) electrons. The molecule has 26 heavy (non-hydrogen) atoms. The van der Waals surface area contributed by atoms with Gasteiger partial charge in [-0.1, -0.05) is 11.2 Å². The molecule has 0 saturated heterocycles. The van der Waals surface area contributed by atoms with Crippen molar-refractivity contribution in [3.05, 3.63) is 52.4 Å². The van der Waals surface area contributed by atoms with Gasteiger partial charge < -0.3 is 14.5 Å². The highest BCUT2D eigenvalue weighted by molar-refractivity contribution is 5.77. The standard InChI is InChI=1S/C18H20F2N2O4/c1-11-14(12(2)26-21-11)4-6-17(23)22(8-7-18(24)25)10-13-3-5-15(19)16(20)9-13/h3,5,9H,4,6-8,10H2,1-2H3,(H,24,25). The van der Waals surface area contributed by atoms with Crippen LogP contribution in [0.4, 0.5) is 8.78 Å². The van der Waals surface area contributed by atoms with E-state index in [0.29, 0.717) is 23.4 Å². The van der Waals surface area contributed by atoms with Crippen LogP contribution in [0.25, 0.3) is 0 Å². The van der Waals surface area contributed by atoms with Gasteiger partial charge in [-0.15, -0.1) is 0 Å². The van der Waals surface area contributed by atoms with Crippen molar-refractivity contribution in [1.29, 1.82) is 0 Å². The Bertz CT molecular complexity index is 785. The van der Waals surface area contributed by atoms with Crippen molar-refractivity contribution in [2.45, 2.75) is 39.7 Å². The molecule has 0 aliphatic rings. The third kappa shape index (κ3) is 5.11. The number of aliphatic carboxylic acids is 1. The molecule has 1 amide bonds. The summed E-state index contributed by atoms with van der Waals surface area (Å²) in [7, 11) is 0. The van der Waals surface area contributed by atoms with Crippen LogP contribution in [0.3, 0.4) is 0 Å². The number of hydrogen-bond acceptors (Lipinski definition) is 4.